The van der Waals surface area contributed by atoms with Crippen molar-refractivity contribution in [1.29, 1.82) is 0 Å². The molecule has 0 unspecified atom stereocenters. The molecule has 0 spiro atoms. The number of alkyl halides is 6. The van der Waals surface area contributed by atoms with E-state index >= 15 is 0 Å². The van der Waals surface area contributed by atoms with E-state index in [0.29, 0.717) is 29.5 Å². The number of likely N-dealkylation sites (tertiary alicyclic amines) is 1. The van der Waals surface area contributed by atoms with Gasteiger partial charge in [-0.15, -0.1) is 0 Å². The van der Waals surface area contributed by atoms with Crippen LogP contribution < -0.4 is 4.74 Å². The zero-order valence-electron chi connectivity index (χ0n) is 21.5. The van der Waals surface area contributed by atoms with Gasteiger partial charge in [0.05, 0.1) is 23.5 Å². The maximum Gasteiger partial charge on any atom is 0.434 e. The van der Waals surface area contributed by atoms with Gasteiger partial charge in [-0.05, 0) is 35.4 Å². The number of carboxylic acid groups (broad SMARTS) is 1. The molecular formula is C28H21ClF6N4O3. The van der Waals surface area contributed by atoms with Crippen molar-refractivity contribution in [2.24, 2.45) is 0 Å². The molecule has 0 radical (unpaired) electrons. The second kappa shape index (κ2) is 11.3. The van der Waals surface area contributed by atoms with Crippen molar-refractivity contribution in [3.8, 4) is 22.8 Å². The summed E-state index contributed by atoms with van der Waals surface area (Å²) in [5.74, 6) is -1.81. The Balaban J connectivity index is 1.34. The largest absolute Gasteiger partial charge is 0.487 e. The van der Waals surface area contributed by atoms with Crippen LogP contribution in [0, 0.1) is 0 Å². The van der Waals surface area contributed by atoms with Crippen molar-refractivity contribution in [2.45, 2.75) is 24.9 Å². The quantitative estimate of drug-likeness (QED) is 0.220. The molecule has 0 atom stereocenters. The predicted molar refractivity (Wildman–Crippen MR) is 140 cm³/mol. The van der Waals surface area contributed by atoms with Gasteiger partial charge < -0.3 is 9.84 Å². The summed E-state index contributed by atoms with van der Waals surface area (Å²) in [4.78, 5) is 17.0. The molecule has 0 saturated carbocycles. The number of halogens is 7. The molecule has 1 N–H and O–H groups in total. The summed E-state index contributed by atoms with van der Waals surface area (Å²) in [5, 5.41) is 13.0. The molecule has 2 aromatic carbocycles. The van der Waals surface area contributed by atoms with Gasteiger partial charge in [0.25, 0.3) is 0 Å². The molecular weight excluding hydrogens is 590 g/mol. The predicted octanol–water partition coefficient (Wildman–Crippen LogP) is 6.85. The topological polar surface area (TPSA) is 80.5 Å². The fraction of sp³-hybridized carbons (Fsp3) is 0.250. The number of rotatable bonds is 8. The van der Waals surface area contributed by atoms with Crippen LogP contribution in [0.3, 0.4) is 0 Å². The average molecular weight is 611 g/mol. The van der Waals surface area contributed by atoms with Gasteiger partial charge in [-0.3, -0.25) is 4.90 Å². The number of aromatic nitrogens is 3. The zero-order chi connectivity index (χ0) is 30.2. The van der Waals surface area contributed by atoms with Crippen LogP contribution in [0.5, 0.6) is 5.75 Å². The normalized spacial score (nSPS) is 14.5. The Morgan fingerprint density at radius 3 is 2.33 bits per heavy atom. The molecule has 7 nitrogen and oxygen atoms in total. The summed E-state index contributed by atoms with van der Waals surface area (Å²) in [6, 6.07) is 16.3. The van der Waals surface area contributed by atoms with Crippen LogP contribution in [0.25, 0.3) is 17.1 Å². The number of benzene rings is 2. The molecule has 0 amide bonds. The van der Waals surface area contributed by atoms with Crippen LogP contribution in [0.4, 0.5) is 26.3 Å². The van der Waals surface area contributed by atoms with E-state index in [-0.39, 0.29) is 34.8 Å². The Bertz CT molecular complexity index is 1600. The molecule has 3 heterocycles. The molecule has 1 aliphatic heterocycles. The van der Waals surface area contributed by atoms with E-state index in [4.69, 9.17) is 16.3 Å². The molecule has 1 fully saturated rings. The SMILES string of the molecule is O=C(O)c1cnn(-c2cccc(-c3cccc(Cl)c3OCc3ccc(C4CN(CC(F)(F)F)C4)cc3)n2)c1C(F)(F)F. The standard InChI is InChI=1S/C28H21ClF6N4O3/c29-21-4-1-3-19(22-5-2-6-23(37-22)39-25(28(33,34)35)20(11-36-39)26(40)41)24(21)42-14-16-7-9-17(10-8-16)18-12-38(13-18)15-27(30,31)32/h1-11,18H,12-15H2,(H,40,41). The lowest BCUT2D eigenvalue weighted by Gasteiger charge is -2.39. The molecule has 14 heteroatoms. The zero-order valence-corrected chi connectivity index (χ0v) is 22.2. The second-order valence-electron chi connectivity index (χ2n) is 9.66. The van der Waals surface area contributed by atoms with Crippen molar-refractivity contribution in [2.75, 3.05) is 19.6 Å². The van der Waals surface area contributed by atoms with Crippen LogP contribution >= 0.6 is 11.6 Å². The molecule has 4 aromatic rings. The number of nitrogens with zero attached hydrogens (tertiary/aromatic N) is 4. The highest BCUT2D eigenvalue weighted by Crippen LogP contribution is 2.38. The minimum atomic E-state index is -5.01. The number of para-hydroxylation sites is 1. The van der Waals surface area contributed by atoms with Gasteiger partial charge in [-0.1, -0.05) is 48.0 Å². The summed E-state index contributed by atoms with van der Waals surface area (Å²) >= 11 is 6.41. The summed E-state index contributed by atoms with van der Waals surface area (Å²) in [6.07, 6.45) is -8.62. The van der Waals surface area contributed by atoms with E-state index in [2.05, 4.69) is 10.1 Å². The molecule has 2 aromatic heterocycles. The van der Waals surface area contributed by atoms with E-state index in [1.165, 1.54) is 23.1 Å². The lowest BCUT2D eigenvalue weighted by Crippen LogP contribution is -2.49. The number of hydrogen-bond donors (Lipinski definition) is 1. The van der Waals surface area contributed by atoms with E-state index in [0.717, 1.165) is 11.1 Å². The highest BCUT2D eigenvalue weighted by atomic mass is 35.5. The van der Waals surface area contributed by atoms with Gasteiger partial charge in [0.15, 0.2) is 11.5 Å². The highest BCUT2D eigenvalue weighted by Gasteiger charge is 2.41. The van der Waals surface area contributed by atoms with Crippen LogP contribution in [-0.2, 0) is 12.8 Å². The third kappa shape index (κ3) is 6.36. The summed E-state index contributed by atoms with van der Waals surface area (Å²) < 4.78 is 85.2. The Hall–Kier alpha value is -4.10. The van der Waals surface area contributed by atoms with Crippen LogP contribution in [0.1, 0.15) is 33.1 Å². The first-order valence-electron chi connectivity index (χ1n) is 12.5. The monoisotopic (exact) mass is 610 g/mol. The van der Waals surface area contributed by atoms with Gasteiger partial charge in [0.2, 0.25) is 0 Å². The first-order valence-corrected chi connectivity index (χ1v) is 12.8. The van der Waals surface area contributed by atoms with E-state index in [1.807, 2.05) is 12.1 Å². The maximum atomic E-state index is 13.7. The van der Waals surface area contributed by atoms with Crippen LogP contribution in [-0.4, -0.2) is 56.6 Å². The minimum Gasteiger partial charge on any atom is -0.487 e. The fourth-order valence-electron chi connectivity index (χ4n) is 4.70. The maximum absolute atomic E-state index is 13.7. The Morgan fingerprint density at radius 2 is 1.69 bits per heavy atom. The summed E-state index contributed by atoms with van der Waals surface area (Å²) in [6.45, 7) is -0.209. The third-order valence-corrected chi connectivity index (χ3v) is 6.95. The van der Waals surface area contributed by atoms with Gasteiger partial charge in [-0.25, -0.2) is 14.5 Å². The van der Waals surface area contributed by atoms with Gasteiger partial charge >= 0.3 is 18.3 Å². The number of aromatic carboxylic acids is 1. The number of carboxylic acids is 1. The Labute approximate surface area is 239 Å². The number of pyridine rings is 1. The number of ether oxygens (including phenoxy) is 1. The lowest BCUT2D eigenvalue weighted by molar-refractivity contribution is -0.154. The van der Waals surface area contributed by atoms with Gasteiger partial charge in [0.1, 0.15) is 17.9 Å². The first kappa shape index (κ1) is 29.4. The molecule has 1 aliphatic rings. The van der Waals surface area contributed by atoms with Crippen molar-refractivity contribution in [1.82, 2.24) is 19.7 Å². The van der Waals surface area contributed by atoms with Crippen LogP contribution in [0.15, 0.2) is 66.9 Å². The van der Waals surface area contributed by atoms with Gasteiger partial charge in [0, 0.05) is 24.6 Å². The molecule has 1 saturated heterocycles. The number of hydrogen-bond acceptors (Lipinski definition) is 5. The third-order valence-electron chi connectivity index (χ3n) is 6.66. The fourth-order valence-corrected chi connectivity index (χ4v) is 4.93. The molecule has 0 aliphatic carbocycles. The molecule has 220 valence electrons. The summed E-state index contributed by atoms with van der Waals surface area (Å²) in [7, 11) is 0. The van der Waals surface area contributed by atoms with Crippen LogP contribution in [0.2, 0.25) is 5.02 Å². The molecule has 0 bridgehead atoms. The smallest absolute Gasteiger partial charge is 0.434 e. The van der Waals surface area contributed by atoms with E-state index < -0.39 is 36.1 Å². The van der Waals surface area contributed by atoms with Gasteiger partial charge in [-0.2, -0.15) is 31.4 Å². The van der Waals surface area contributed by atoms with Crippen molar-refractivity contribution >= 4 is 17.6 Å². The van der Waals surface area contributed by atoms with E-state index in [1.54, 1.807) is 30.3 Å². The average Bonchev–Trinajstić information content (AvgIpc) is 3.37. The van der Waals surface area contributed by atoms with Crippen molar-refractivity contribution < 1.29 is 41.0 Å². The minimum absolute atomic E-state index is 0.00932. The molecule has 42 heavy (non-hydrogen) atoms. The first-order chi connectivity index (χ1) is 19.8. The molecule has 5 rings (SSSR count). The Kier molecular flexibility index (Phi) is 7.90. The Morgan fingerprint density at radius 1 is 1.00 bits per heavy atom. The highest BCUT2D eigenvalue weighted by molar-refractivity contribution is 6.32. The van der Waals surface area contributed by atoms with E-state index in [9.17, 15) is 36.2 Å². The van der Waals surface area contributed by atoms with Crippen molar-refractivity contribution in [3.05, 3.63) is 94.3 Å². The summed E-state index contributed by atoms with van der Waals surface area (Å²) in [5.41, 5.74) is -0.234. The van der Waals surface area contributed by atoms with Crippen molar-refractivity contribution in [3.63, 3.8) is 0 Å². The number of carbonyl (C=O) groups is 1. The lowest BCUT2D eigenvalue weighted by atomic mass is 9.91. The second-order valence-corrected chi connectivity index (χ2v) is 10.1.